The minimum Gasteiger partial charge on any atom is -0.488 e. The minimum atomic E-state index is -0.385. The smallest absolute Gasteiger partial charge is 0.159 e. The first-order chi connectivity index (χ1) is 10.8. The zero-order valence-electron chi connectivity index (χ0n) is 13.9. The number of para-hydroxylation sites is 1. The average Bonchev–Trinajstić information content (AvgIpc) is 2.46. The molecule has 0 spiro atoms. The van der Waals surface area contributed by atoms with Gasteiger partial charge in [0.25, 0.3) is 0 Å². The van der Waals surface area contributed by atoms with Crippen LogP contribution in [0.1, 0.15) is 43.6 Å². The molecule has 2 aromatic carbocycles. The zero-order valence-corrected chi connectivity index (χ0v) is 13.9. The molecule has 1 N–H and O–H groups in total. The second-order valence-electron chi connectivity index (χ2n) is 6.43. The number of ether oxygens (including phenoxy) is 1. The number of benzene rings is 2. The van der Waals surface area contributed by atoms with Gasteiger partial charge >= 0.3 is 0 Å². The van der Waals surface area contributed by atoms with Crippen molar-refractivity contribution in [3.8, 4) is 5.75 Å². The first-order valence-corrected chi connectivity index (χ1v) is 7.57. The van der Waals surface area contributed by atoms with Gasteiger partial charge in [-0.05, 0) is 52.0 Å². The summed E-state index contributed by atoms with van der Waals surface area (Å²) < 4.78 is 19.8. The fraction of sp³-hybridized carbons (Fsp3) is 0.316. The molecule has 4 heteroatoms. The maximum absolute atomic E-state index is 13.9. The van der Waals surface area contributed by atoms with E-state index in [1.807, 2.05) is 45.0 Å². The molecule has 0 fully saturated rings. The number of rotatable bonds is 5. The quantitative estimate of drug-likeness (QED) is 0.804. The van der Waals surface area contributed by atoms with Gasteiger partial charge in [0.2, 0.25) is 0 Å². The number of anilines is 1. The van der Waals surface area contributed by atoms with Gasteiger partial charge in [-0.2, -0.15) is 0 Å². The molecule has 0 heterocycles. The van der Waals surface area contributed by atoms with Crippen molar-refractivity contribution in [1.29, 1.82) is 0 Å². The molecule has 2 rings (SSSR count). The van der Waals surface area contributed by atoms with Crippen molar-refractivity contribution in [3.63, 3.8) is 0 Å². The third-order valence-electron chi connectivity index (χ3n) is 3.23. The topological polar surface area (TPSA) is 38.3 Å². The average molecular weight is 315 g/mol. The summed E-state index contributed by atoms with van der Waals surface area (Å²) in [6.45, 7) is 7.81. The van der Waals surface area contributed by atoms with Crippen LogP contribution in [-0.2, 0) is 6.54 Å². The Kier molecular flexibility index (Phi) is 5.04. The molecule has 0 atom stereocenters. The largest absolute Gasteiger partial charge is 0.488 e. The molecule has 0 radical (unpaired) electrons. The van der Waals surface area contributed by atoms with Crippen LogP contribution in [0, 0.1) is 5.82 Å². The Morgan fingerprint density at radius 2 is 1.87 bits per heavy atom. The van der Waals surface area contributed by atoms with Gasteiger partial charge in [-0.1, -0.05) is 18.2 Å². The highest BCUT2D eigenvalue weighted by molar-refractivity contribution is 5.94. The van der Waals surface area contributed by atoms with Crippen LogP contribution in [0.25, 0.3) is 0 Å². The molecular formula is C19H22FNO2. The summed E-state index contributed by atoms with van der Waals surface area (Å²) in [5.74, 6) is 0.282. The molecule has 0 amide bonds. The van der Waals surface area contributed by atoms with Gasteiger partial charge in [0.05, 0.1) is 5.69 Å². The first kappa shape index (κ1) is 17.0. The number of Topliss-reactive ketones (excluding diaryl/α,β-unsaturated/α-hetero) is 1. The lowest BCUT2D eigenvalue weighted by Gasteiger charge is -2.23. The summed E-state index contributed by atoms with van der Waals surface area (Å²) in [6, 6.07) is 12.0. The van der Waals surface area contributed by atoms with Crippen LogP contribution in [0.4, 0.5) is 10.1 Å². The van der Waals surface area contributed by atoms with Crippen LogP contribution >= 0.6 is 0 Å². The highest BCUT2D eigenvalue weighted by Crippen LogP contribution is 2.25. The van der Waals surface area contributed by atoms with Crippen molar-refractivity contribution in [2.24, 2.45) is 0 Å². The van der Waals surface area contributed by atoms with Crippen molar-refractivity contribution < 1.29 is 13.9 Å². The summed E-state index contributed by atoms with van der Waals surface area (Å²) in [7, 11) is 0. The Morgan fingerprint density at radius 1 is 1.17 bits per heavy atom. The van der Waals surface area contributed by atoms with E-state index in [0.717, 1.165) is 11.3 Å². The fourth-order valence-corrected chi connectivity index (χ4v) is 2.15. The van der Waals surface area contributed by atoms with Crippen LogP contribution in [0.15, 0.2) is 42.5 Å². The van der Waals surface area contributed by atoms with E-state index < -0.39 is 0 Å². The van der Waals surface area contributed by atoms with E-state index in [9.17, 15) is 9.18 Å². The molecule has 0 aliphatic carbocycles. The molecule has 122 valence electrons. The van der Waals surface area contributed by atoms with E-state index in [-0.39, 0.29) is 17.2 Å². The zero-order chi connectivity index (χ0) is 17.0. The second-order valence-corrected chi connectivity index (χ2v) is 6.43. The summed E-state index contributed by atoms with van der Waals surface area (Å²) in [6.07, 6.45) is 0. The van der Waals surface area contributed by atoms with Crippen LogP contribution in [0.5, 0.6) is 5.75 Å². The molecule has 0 unspecified atom stereocenters. The lowest BCUT2D eigenvalue weighted by Crippen LogP contribution is -2.23. The highest BCUT2D eigenvalue weighted by atomic mass is 19.1. The monoisotopic (exact) mass is 315 g/mol. The first-order valence-electron chi connectivity index (χ1n) is 7.57. The Balaban J connectivity index is 2.18. The number of hydrogen-bond acceptors (Lipinski definition) is 3. The third-order valence-corrected chi connectivity index (χ3v) is 3.23. The van der Waals surface area contributed by atoms with Gasteiger partial charge in [0, 0.05) is 17.7 Å². The van der Waals surface area contributed by atoms with Crippen molar-refractivity contribution in [2.45, 2.75) is 39.8 Å². The van der Waals surface area contributed by atoms with Crippen molar-refractivity contribution in [2.75, 3.05) is 5.32 Å². The van der Waals surface area contributed by atoms with Crippen molar-refractivity contribution >= 4 is 11.5 Å². The van der Waals surface area contributed by atoms with Gasteiger partial charge in [0.15, 0.2) is 5.78 Å². The summed E-state index contributed by atoms with van der Waals surface area (Å²) >= 11 is 0. The number of hydrogen-bond donors (Lipinski definition) is 1. The van der Waals surface area contributed by atoms with Crippen molar-refractivity contribution in [3.05, 3.63) is 59.4 Å². The Morgan fingerprint density at radius 3 is 2.52 bits per heavy atom. The molecular weight excluding hydrogens is 293 g/mol. The van der Waals surface area contributed by atoms with Gasteiger partial charge in [-0.3, -0.25) is 4.79 Å². The standard InChI is InChI=1S/C19H22FNO2/c1-13(22)14-9-10-16(20)17(11-14)21-12-15-7-5-6-8-18(15)23-19(2,3)4/h5-11,21H,12H2,1-4H3. The predicted molar refractivity (Wildman–Crippen MR) is 90.6 cm³/mol. The van der Waals surface area contributed by atoms with Gasteiger partial charge < -0.3 is 10.1 Å². The number of carbonyl (C=O) groups excluding carboxylic acids is 1. The summed E-state index contributed by atoms with van der Waals surface area (Å²) in [5.41, 5.74) is 1.40. The second kappa shape index (κ2) is 6.82. The van der Waals surface area contributed by atoms with Crippen LogP contribution in [0.2, 0.25) is 0 Å². The minimum absolute atomic E-state index is 0.0930. The summed E-state index contributed by atoms with van der Waals surface area (Å²) in [4.78, 5) is 11.4. The number of ketones is 1. The maximum Gasteiger partial charge on any atom is 0.159 e. The van der Waals surface area contributed by atoms with Crippen LogP contribution < -0.4 is 10.1 Å². The maximum atomic E-state index is 13.9. The highest BCUT2D eigenvalue weighted by Gasteiger charge is 2.14. The molecule has 23 heavy (non-hydrogen) atoms. The number of nitrogens with one attached hydrogen (secondary N) is 1. The normalized spacial score (nSPS) is 11.2. The number of halogens is 1. The molecule has 0 aromatic heterocycles. The van der Waals surface area contributed by atoms with Gasteiger partial charge in [0.1, 0.15) is 17.2 Å². The molecule has 0 aliphatic heterocycles. The van der Waals surface area contributed by atoms with E-state index in [2.05, 4.69) is 5.32 Å². The van der Waals surface area contributed by atoms with Crippen molar-refractivity contribution in [1.82, 2.24) is 0 Å². The predicted octanol–water partition coefficient (Wildman–Crippen LogP) is 4.82. The molecule has 2 aromatic rings. The molecule has 0 aliphatic rings. The van der Waals surface area contributed by atoms with E-state index in [1.165, 1.54) is 25.1 Å². The molecule has 3 nitrogen and oxygen atoms in total. The Hall–Kier alpha value is -2.36. The summed E-state index contributed by atoms with van der Waals surface area (Å²) in [5, 5.41) is 3.04. The van der Waals surface area contributed by atoms with E-state index >= 15 is 0 Å². The molecule has 0 saturated heterocycles. The van der Waals surface area contributed by atoms with E-state index in [4.69, 9.17) is 4.74 Å². The molecule has 0 saturated carbocycles. The van der Waals surface area contributed by atoms with E-state index in [0.29, 0.717) is 17.8 Å². The fourth-order valence-electron chi connectivity index (χ4n) is 2.15. The molecule has 0 bridgehead atoms. The van der Waals surface area contributed by atoms with Crippen LogP contribution in [0.3, 0.4) is 0 Å². The van der Waals surface area contributed by atoms with Crippen LogP contribution in [-0.4, -0.2) is 11.4 Å². The van der Waals surface area contributed by atoms with Gasteiger partial charge in [-0.25, -0.2) is 4.39 Å². The SMILES string of the molecule is CC(=O)c1ccc(F)c(NCc2ccccc2OC(C)(C)C)c1. The Bertz CT molecular complexity index is 705. The third kappa shape index (κ3) is 4.81. The number of carbonyl (C=O) groups is 1. The van der Waals surface area contributed by atoms with Gasteiger partial charge in [-0.15, -0.1) is 0 Å². The Labute approximate surface area is 136 Å². The van der Waals surface area contributed by atoms with E-state index in [1.54, 1.807) is 0 Å². The lowest BCUT2D eigenvalue weighted by atomic mass is 10.1. The lowest BCUT2D eigenvalue weighted by molar-refractivity contribution is 0.101.